The second-order valence-corrected chi connectivity index (χ2v) is 9.39. The zero-order valence-corrected chi connectivity index (χ0v) is 21.0. The Balaban J connectivity index is 0.000000328. The van der Waals surface area contributed by atoms with E-state index in [0.717, 1.165) is 75.8 Å². The standard InChI is InChI=1S/C26H18N4O.C3H6O.C2H4O/c31-24-9-1-16(2-10-24)25-14-23-13-21-6-5-19(28-21)11-17-3-4-18(27-17)12-20-7-8-22(29-20)15-26(25)30-23;1-3-2-4-3;1-2-3-1/h1-15,28-29,31H;3H,2H2,1H3;1-2H2. The van der Waals surface area contributed by atoms with E-state index >= 15 is 0 Å². The van der Waals surface area contributed by atoms with Gasteiger partial charge in [0.25, 0.3) is 0 Å². The van der Waals surface area contributed by atoms with Crippen LogP contribution in [0.3, 0.4) is 0 Å². The van der Waals surface area contributed by atoms with Crippen molar-refractivity contribution in [3.63, 3.8) is 0 Å². The lowest BCUT2D eigenvalue weighted by Gasteiger charge is -2.02. The Kier molecular flexibility index (Phi) is 6.60. The third-order valence-corrected chi connectivity index (χ3v) is 6.05. The molecule has 3 aromatic heterocycles. The summed E-state index contributed by atoms with van der Waals surface area (Å²) in [5, 5.41) is 9.68. The molecule has 0 aliphatic carbocycles. The summed E-state index contributed by atoms with van der Waals surface area (Å²) >= 11 is 0. The van der Waals surface area contributed by atoms with E-state index in [2.05, 4.69) is 32.7 Å². The number of aromatic hydroxyl groups is 1. The van der Waals surface area contributed by atoms with E-state index in [1.54, 1.807) is 12.1 Å². The molecule has 7 heteroatoms. The maximum Gasteiger partial charge on any atom is 0.115 e. The van der Waals surface area contributed by atoms with Gasteiger partial charge in [-0.1, -0.05) is 12.1 Å². The predicted molar refractivity (Wildman–Crippen MR) is 151 cm³/mol. The number of aromatic nitrogens is 4. The summed E-state index contributed by atoms with van der Waals surface area (Å²) in [5.74, 6) is 0.245. The highest BCUT2D eigenvalue weighted by Gasteiger charge is 2.13. The Labute approximate surface area is 220 Å². The molecule has 3 N–H and O–H groups in total. The molecule has 0 saturated carbocycles. The molecule has 4 aliphatic rings. The molecule has 7 nitrogen and oxygen atoms in total. The third kappa shape index (κ3) is 6.26. The maximum absolute atomic E-state index is 9.68. The van der Waals surface area contributed by atoms with Crippen LogP contribution in [0.4, 0.5) is 0 Å². The number of fused-ring (bicyclic) bond motifs is 8. The minimum Gasteiger partial charge on any atom is -0.508 e. The smallest absolute Gasteiger partial charge is 0.115 e. The molecule has 4 aromatic rings. The van der Waals surface area contributed by atoms with Gasteiger partial charge in [0.15, 0.2) is 0 Å². The third-order valence-electron chi connectivity index (χ3n) is 6.05. The van der Waals surface area contributed by atoms with Gasteiger partial charge in [-0.25, -0.2) is 9.97 Å². The topological polar surface area (TPSA) is 103 Å². The number of epoxide rings is 2. The van der Waals surface area contributed by atoms with Crippen LogP contribution in [0.2, 0.25) is 0 Å². The van der Waals surface area contributed by atoms with Gasteiger partial charge in [0.05, 0.1) is 48.7 Å². The summed E-state index contributed by atoms with van der Waals surface area (Å²) in [6, 6.07) is 23.5. The molecular weight excluding hydrogens is 476 g/mol. The number of ether oxygens (including phenoxy) is 2. The molecule has 0 radical (unpaired) electrons. The number of phenolic OH excluding ortho intramolecular Hbond substituents is 1. The predicted octanol–water partition coefficient (Wildman–Crippen LogP) is 6.20. The molecule has 190 valence electrons. The van der Waals surface area contributed by atoms with Crippen LogP contribution in [0.1, 0.15) is 35.3 Å². The van der Waals surface area contributed by atoms with Crippen molar-refractivity contribution >= 4 is 45.9 Å². The summed E-state index contributed by atoms with van der Waals surface area (Å²) < 4.78 is 9.21. The van der Waals surface area contributed by atoms with Crippen molar-refractivity contribution in [1.82, 2.24) is 19.9 Å². The van der Waals surface area contributed by atoms with Crippen molar-refractivity contribution in [2.45, 2.75) is 13.0 Å². The molecule has 1 atom stereocenters. The highest BCUT2D eigenvalue weighted by atomic mass is 16.6. The minimum absolute atomic E-state index is 0.245. The second-order valence-electron chi connectivity index (χ2n) is 9.39. The lowest BCUT2D eigenvalue weighted by atomic mass is 10.0. The summed E-state index contributed by atoms with van der Waals surface area (Å²) in [6.07, 6.45) is 6.68. The van der Waals surface area contributed by atoms with Crippen LogP contribution in [-0.4, -0.2) is 51.0 Å². The Bertz CT molecular complexity index is 1670. The largest absolute Gasteiger partial charge is 0.508 e. The van der Waals surface area contributed by atoms with Crippen molar-refractivity contribution in [2.75, 3.05) is 19.8 Å². The van der Waals surface area contributed by atoms with E-state index in [0.29, 0.717) is 6.10 Å². The number of rotatable bonds is 1. The van der Waals surface area contributed by atoms with Crippen LogP contribution in [0.15, 0.2) is 72.8 Å². The van der Waals surface area contributed by atoms with Crippen molar-refractivity contribution in [3.8, 4) is 5.75 Å². The molecule has 2 fully saturated rings. The molecule has 8 rings (SSSR count). The number of benzene rings is 1. The molecule has 0 spiro atoms. The number of phenols is 1. The van der Waals surface area contributed by atoms with E-state index < -0.39 is 0 Å². The molecule has 38 heavy (non-hydrogen) atoms. The maximum atomic E-state index is 9.68. The molecular formula is C31H28N4O3. The fourth-order valence-electron chi connectivity index (χ4n) is 3.98. The highest BCUT2D eigenvalue weighted by molar-refractivity contribution is 5.93. The fraction of sp³-hybridized carbons (Fsp3) is 0.161. The average molecular weight is 505 g/mol. The van der Waals surface area contributed by atoms with Gasteiger partial charge in [0.1, 0.15) is 5.75 Å². The van der Waals surface area contributed by atoms with Gasteiger partial charge in [-0.15, -0.1) is 0 Å². The van der Waals surface area contributed by atoms with Crippen LogP contribution >= 0.6 is 0 Å². The summed E-state index contributed by atoms with van der Waals surface area (Å²) in [5.41, 5.74) is 9.46. The van der Waals surface area contributed by atoms with E-state index in [1.807, 2.05) is 72.8 Å². The first kappa shape index (κ1) is 23.9. The average Bonchev–Trinajstić information content (AvgIpc) is 3.76. The number of aromatic amines is 2. The zero-order valence-electron chi connectivity index (χ0n) is 21.0. The SMILES string of the molecule is C1CO1.CC1CO1.Oc1ccc(C2=Cc3cc4ccc(cc5nc(cc6ccc(cc2n3)[nH]6)C=C5)[nH]4)cc1. The monoisotopic (exact) mass is 504 g/mol. The first-order valence-corrected chi connectivity index (χ1v) is 12.6. The van der Waals surface area contributed by atoms with Gasteiger partial charge in [-0.3, -0.25) is 0 Å². The van der Waals surface area contributed by atoms with Gasteiger partial charge in [-0.05, 0) is 91.4 Å². The van der Waals surface area contributed by atoms with Gasteiger partial charge in [-0.2, -0.15) is 0 Å². The van der Waals surface area contributed by atoms with E-state index in [9.17, 15) is 5.11 Å². The van der Waals surface area contributed by atoms with E-state index in [-0.39, 0.29) is 5.75 Å². The Morgan fingerprint density at radius 2 is 1.24 bits per heavy atom. The van der Waals surface area contributed by atoms with Crippen LogP contribution in [-0.2, 0) is 9.47 Å². The molecule has 2 saturated heterocycles. The molecule has 4 aliphatic heterocycles. The Hall–Kier alpha value is -4.46. The molecule has 0 amide bonds. The van der Waals surface area contributed by atoms with Crippen molar-refractivity contribution in [3.05, 3.63) is 101 Å². The van der Waals surface area contributed by atoms with Gasteiger partial charge >= 0.3 is 0 Å². The molecule has 7 heterocycles. The normalized spacial score (nSPS) is 16.4. The van der Waals surface area contributed by atoms with Gasteiger partial charge < -0.3 is 24.5 Å². The summed E-state index contributed by atoms with van der Waals surface area (Å²) in [4.78, 5) is 16.4. The van der Waals surface area contributed by atoms with Crippen LogP contribution in [0, 0.1) is 0 Å². The number of hydrogen-bond acceptors (Lipinski definition) is 5. The molecule has 1 aromatic carbocycles. The van der Waals surface area contributed by atoms with Crippen molar-refractivity contribution in [1.29, 1.82) is 0 Å². The molecule has 1 unspecified atom stereocenters. The van der Waals surface area contributed by atoms with E-state index in [1.165, 1.54) is 0 Å². The van der Waals surface area contributed by atoms with Crippen molar-refractivity contribution in [2.24, 2.45) is 0 Å². The highest BCUT2D eigenvalue weighted by Crippen LogP contribution is 2.30. The number of nitrogens with zero attached hydrogens (tertiary/aromatic N) is 2. The van der Waals surface area contributed by atoms with Gasteiger partial charge in [0.2, 0.25) is 0 Å². The van der Waals surface area contributed by atoms with Crippen LogP contribution < -0.4 is 0 Å². The fourth-order valence-corrected chi connectivity index (χ4v) is 3.98. The summed E-state index contributed by atoms with van der Waals surface area (Å²) in [7, 11) is 0. The van der Waals surface area contributed by atoms with Crippen molar-refractivity contribution < 1.29 is 14.6 Å². The Morgan fingerprint density at radius 1 is 0.737 bits per heavy atom. The van der Waals surface area contributed by atoms with E-state index in [4.69, 9.17) is 9.72 Å². The minimum atomic E-state index is 0.245. The lowest BCUT2D eigenvalue weighted by molar-refractivity contribution is 0.423. The molecule has 8 bridgehead atoms. The first-order valence-electron chi connectivity index (χ1n) is 12.6. The number of hydrogen-bond donors (Lipinski definition) is 3. The lowest BCUT2D eigenvalue weighted by Crippen LogP contribution is -1.84. The second kappa shape index (κ2) is 10.5. The number of H-pyrrole nitrogens is 2. The first-order chi connectivity index (χ1) is 18.6. The van der Waals surface area contributed by atoms with Crippen LogP contribution in [0.25, 0.3) is 45.9 Å². The quantitative estimate of drug-likeness (QED) is 0.231. The zero-order chi connectivity index (χ0) is 25.9. The van der Waals surface area contributed by atoms with Crippen LogP contribution in [0.5, 0.6) is 5.75 Å². The number of nitrogens with one attached hydrogen (secondary N) is 2. The van der Waals surface area contributed by atoms with Gasteiger partial charge in [0, 0.05) is 27.6 Å². The Morgan fingerprint density at radius 3 is 1.74 bits per heavy atom. The summed E-state index contributed by atoms with van der Waals surface area (Å²) in [6.45, 7) is 5.04.